The van der Waals surface area contributed by atoms with Crippen molar-refractivity contribution in [1.82, 2.24) is 4.98 Å². The van der Waals surface area contributed by atoms with Crippen molar-refractivity contribution >= 4 is 17.6 Å². The van der Waals surface area contributed by atoms with Crippen LogP contribution >= 0.6 is 0 Å². The van der Waals surface area contributed by atoms with Crippen molar-refractivity contribution in [3.63, 3.8) is 0 Å². The van der Waals surface area contributed by atoms with Crippen molar-refractivity contribution in [2.24, 2.45) is 0 Å². The minimum atomic E-state index is -1.27. The summed E-state index contributed by atoms with van der Waals surface area (Å²) in [5.74, 6) is -0.790. The van der Waals surface area contributed by atoms with Crippen LogP contribution in [0.3, 0.4) is 0 Å². The highest BCUT2D eigenvalue weighted by molar-refractivity contribution is 6.06. The highest BCUT2D eigenvalue weighted by Crippen LogP contribution is 2.26. The normalized spacial score (nSPS) is 10.0. The molecule has 0 aliphatic heterocycles. The topological polar surface area (TPSA) is 107 Å². The van der Waals surface area contributed by atoms with Crippen LogP contribution in [-0.2, 0) is 11.3 Å². The van der Waals surface area contributed by atoms with Gasteiger partial charge in [0, 0.05) is 24.4 Å². The summed E-state index contributed by atoms with van der Waals surface area (Å²) in [7, 11) is 4.27. The minimum absolute atomic E-state index is 0.0857. The second-order valence-corrected chi connectivity index (χ2v) is 4.94. The summed E-state index contributed by atoms with van der Waals surface area (Å²) in [6.45, 7) is 0.280. The largest absolute Gasteiger partial charge is 0.497 e. The van der Waals surface area contributed by atoms with Crippen LogP contribution in [0, 0.1) is 0 Å². The van der Waals surface area contributed by atoms with E-state index >= 15 is 0 Å². The van der Waals surface area contributed by atoms with E-state index in [4.69, 9.17) is 9.47 Å². The van der Waals surface area contributed by atoms with Gasteiger partial charge in [0.2, 0.25) is 0 Å². The fraction of sp³-hybridized carbons (Fsp3) is 0.235. The predicted molar refractivity (Wildman–Crippen MR) is 89.4 cm³/mol. The number of nitrogens with zero attached hydrogens (tertiary/aromatic N) is 1. The highest BCUT2D eigenvalue weighted by Gasteiger charge is 2.22. The van der Waals surface area contributed by atoms with E-state index in [1.165, 1.54) is 20.4 Å². The Bertz CT molecular complexity index is 791. The number of nitrogens with one attached hydrogen (secondary N) is 1. The number of methoxy groups -OCH3 is 3. The molecule has 0 amide bonds. The van der Waals surface area contributed by atoms with Gasteiger partial charge in [0.25, 0.3) is 0 Å². The van der Waals surface area contributed by atoms with Crippen LogP contribution in [0.2, 0.25) is 0 Å². The number of esters is 1. The van der Waals surface area contributed by atoms with Gasteiger partial charge >= 0.3 is 11.9 Å². The lowest BCUT2D eigenvalue weighted by Gasteiger charge is -2.14. The molecular formula is C17H18N2O6. The monoisotopic (exact) mass is 346 g/mol. The zero-order chi connectivity index (χ0) is 18.4. The van der Waals surface area contributed by atoms with Crippen LogP contribution in [-0.4, -0.2) is 43.4 Å². The standard InChI is InChI=1S/C17H18N2O6/c1-23-11-5-4-10(14(6-11)24-2)7-19-13-9-18-8-12(16(20)21)15(13)17(22)25-3/h4-6,8-9,19H,7H2,1-3H3,(H,20,21). The Morgan fingerprint density at radius 2 is 1.92 bits per heavy atom. The third-order valence-electron chi connectivity index (χ3n) is 3.53. The van der Waals surface area contributed by atoms with Gasteiger partial charge in [0.05, 0.1) is 38.8 Å². The predicted octanol–water partition coefficient (Wildman–Crippen LogP) is 2.20. The molecule has 1 aromatic heterocycles. The van der Waals surface area contributed by atoms with Gasteiger partial charge in [0.15, 0.2) is 0 Å². The number of anilines is 1. The molecule has 132 valence electrons. The van der Waals surface area contributed by atoms with Crippen molar-refractivity contribution in [2.45, 2.75) is 6.54 Å². The zero-order valence-electron chi connectivity index (χ0n) is 14.0. The Labute approximate surface area is 144 Å². The molecule has 0 aliphatic rings. The molecule has 8 nitrogen and oxygen atoms in total. The first-order chi connectivity index (χ1) is 12.0. The Hall–Kier alpha value is -3.29. The number of benzene rings is 1. The van der Waals surface area contributed by atoms with Crippen LogP contribution in [0.4, 0.5) is 5.69 Å². The second kappa shape index (κ2) is 8.00. The van der Waals surface area contributed by atoms with E-state index in [0.717, 1.165) is 11.8 Å². The van der Waals surface area contributed by atoms with E-state index in [2.05, 4.69) is 15.0 Å². The van der Waals surface area contributed by atoms with Gasteiger partial charge in [-0.15, -0.1) is 0 Å². The second-order valence-electron chi connectivity index (χ2n) is 4.94. The van der Waals surface area contributed by atoms with E-state index < -0.39 is 11.9 Å². The summed E-state index contributed by atoms with van der Waals surface area (Å²) in [6.07, 6.45) is 2.47. The molecule has 1 heterocycles. The first-order valence-electron chi connectivity index (χ1n) is 7.26. The number of carbonyl (C=O) groups is 2. The van der Waals surface area contributed by atoms with Crippen LogP contribution in [0.5, 0.6) is 11.5 Å². The van der Waals surface area contributed by atoms with Gasteiger partial charge in [-0.3, -0.25) is 4.98 Å². The number of carboxylic acids is 1. The maximum atomic E-state index is 12.0. The lowest BCUT2D eigenvalue weighted by atomic mass is 10.1. The number of hydrogen-bond acceptors (Lipinski definition) is 7. The molecule has 0 bridgehead atoms. The van der Waals surface area contributed by atoms with Crippen molar-refractivity contribution in [1.29, 1.82) is 0 Å². The number of aromatic carboxylic acids is 1. The van der Waals surface area contributed by atoms with Crippen LogP contribution in [0.1, 0.15) is 26.3 Å². The van der Waals surface area contributed by atoms with Crippen LogP contribution < -0.4 is 14.8 Å². The van der Waals surface area contributed by atoms with Crippen molar-refractivity contribution in [3.8, 4) is 11.5 Å². The maximum Gasteiger partial charge on any atom is 0.340 e. The Balaban J connectivity index is 2.34. The van der Waals surface area contributed by atoms with Gasteiger partial charge in [0.1, 0.15) is 17.1 Å². The third-order valence-corrected chi connectivity index (χ3v) is 3.53. The van der Waals surface area contributed by atoms with E-state index in [1.54, 1.807) is 25.3 Å². The van der Waals surface area contributed by atoms with Gasteiger partial charge in [-0.2, -0.15) is 0 Å². The molecule has 0 spiro atoms. The molecule has 2 rings (SSSR count). The summed E-state index contributed by atoms with van der Waals surface area (Å²) in [4.78, 5) is 27.2. The van der Waals surface area contributed by atoms with Crippen molar-refractivity contribution in [3.05, 3.63) is 47.3 Å². The SMILES string of the molecule is COC(=O)c1c(NCc2ccc(OC)cc2OC)cncc1C(=O)O. The average Bonchev–Trinajstić information content (AvgIpc) is 2.64. The van der Waals surface area contributed by atoms with E-state index in [9.17, 15) is 14.7 Å². The van der Waals surface area contributed by atoms with Crippen LogP contribution in [0.25, 0.3) is 0 Å². The molecular weight excluding hydrogens is 328 g/mol. The van der Waals surface area contributed by atoms with Gasteiger partial charge < -0.3 is 24.6 Å². The lowest BCUT2D eigenvalue weighted by molar-refractivity contribution is 0.0583. The lowest BCUT2D eigenvalue weighted by Crippen LogP contribution is -2.15. The fourth-order valence-corrected chi connectivity index (χ4v) is 2.27. The quantitative estimate of drug-likeness (QED) is 0.735. The first-order valence-corrected chi connectivity index (χ1v) is 7.26. The first kappa shape index (κ1) is 18.1. The molecule has 0 aliphatic carbocycles. The minimum Gasteiger partial charge on any atom is -0.497 e. The third kappa shape index (κ3) is 3.97. The summed E-state index contributed by atoms with van der Waals surface area (Å²) in [5.41, 5.74) is 0.723. The van der Waals surface area contributed by atoms with E-state index in [1.807, 2.05) is 0 Å². The zero-order valence-corrected chi connectivity index (χ0v) is 14.0. The molecule has 0 atom stereocenters. The van der Waals surface area contributed by atoms with Gasteiger partial charge in [-0.05, 0) is 12.1 Å². The number of rotatable bonds is 7. The molecule has 0 radical (unpaired) electrons. The molecule has 0 unspecified atom stereocenters. The molecule has 0 saturated heterocycles. The van der Waals surface area contributed by atoms with E-state index in [-0.39, 0.29) is 23.4 Å². The molecule has 2 N–H and O–H groups in total. The number of carbonyl (C=O) groups excluding carboxylic acids is 1. The number of ether oxygens (including phenoxy) is 3. The summed E-state index contributed by atoms with van der Waals surface area (Å²) < 4.78 is 15.1. The number of carboxylic acid groups (broad SMARTS) is 1. The Kier molecular flexibility index (Phi) is 5.78. The van der Waals surface area contributed by atoms with Crippen LogP contribution in [0.15, 0.2) is 30.6 Å². The summed E-state index contributed by atoms with van der Waals surface area (Å²) in [6, 6.07) is 5.30. The summed E-state index contributed by atoms with van der Waals surface area (Å²) in [5, 5.41) is 12.3. The Morgan fingerprint density at radius 3 is 2.52 bits per heavy atom. The fourth-order valence-electron chi connectivity index (χ4n) is 2.27. The highest BCUT2D eigenvalue weighted by atomic mass is 16.5. The number of pyridine rings is 1. The van der Waals surface area contributed by atoms with E-state index in [0.29, 0.717) is 11.5 Å². The number of aromatic nitrogens is 1. The molecule has 2 aromatic rings. The molecule has 0 fully saturated rings. The molecule has 1 aromatic carbocycles. The van der Waals surface area contributed by atoms with Crippen molar-refractivity contribution < 1.29 is 28.9 Å². The Morgan fingerprint density at radius 1 is 1.16 bits per heavy atom. The molecule has 8 heteroatoms. The smallest absolute Gasteiger partial charge is 0.340 e. The van der Waals surface area contributed by atoms with Crippen molar-refractivity contribution in [2.75, 3.05) is 26.6 Å². The van der Waals surface area contributed by atoms with Gasteiger partial charge in [-0.1, -0.05) is 0 Å². The maximum absolute atomic E-state index is 12.0. The average molecular weight is 346 g/mol. The van der Waals surface area contributed by atoms with Gasteiger partial charge in [-0.25, -0.2) is 9.59 Å². The summed E-state index contributed by atoms with van der Waals surface area (Å²) >= 11 is 0. The molecule has 0 saturated carbocycles. The molecule has 25 heavy (non-hydrogen) atoms. The number of hydrogen-bond donors (Lipinski definition) is 2.